The topological polar surface area (TPSA) is 32.6 Å². The number of phenols is 1. The number of phenolic OH excluding ortho intramolecular Hbond substituents is 1. The Bertz CT molecular complexity index is 616. The molecule has 0 heterocycles. The van der Waals surface area contributed by atoms with Crippen molar-refractivity contribution in [2.45, 2.75) is 25.8 Å². The van der Waals surface area contributed by atoms with Crippen LogP contribution < -0.4 is 0 Å². The first-order valence-electron chi connectivity index (χ1n) is 7.23. The highest BCUT2D eigenvalue weighted by Gasteiger charge is 2.10. The van der Waals surface area contributed by atoms with Crippen LogP contribution in [0.15, 0.2) is 72.2 Å². The molecule has 2 aromatic rings. The van der Waals surface area contributed by atoms with Gasteiger partial charge in [0, 0.05) is 11.3 Å². The molecule has 0 aliphatic rings. The molecule has 0 saturated carbocycles. The van der Waals surface area contributed by atoms with Crippen molar-refractivity contribution < 1.29 is 5.11 Å². The number of rotatable bonds is 6. The second kappa shape index (κ2) is 7.44. The number of hydrogen-bond acceptors (Lipinski definition) is 2. The fraction of sp³-hybridized carbons (Fsp3) is 0.211. The SMILES string of the molecule is C=CCCC(=N[C@H](C)c1ccccc1)c1ccccc1O. The molecule has 0 aliphatic heterocycles. The molecule has 2 heteroatoms. The average Bonchev–Trinajstić information content (AvgIpc) is 2.53. The molecule has 0 amide bonds. The summed E-state index contributed by atoms with van der Waals surface area (Å²) in [5, 5.41) is 10.1. The smallest absolute Gasteiger partial charge is 0.124 e. The standard InChI is InChI=1S/C19H21NO/c1-3-4-13-18(17-12-8-9-14-19(17)21)20-15(2)16-10-6-5-7-11-16/h3,5-12,14-15,21H,1,4,13H2,2H3/t15-/m1/s1. The van der Waals surface area contributed by atoms with E-state index in [4.69, 9.17) is 4.99 Å². The molecule has 0 radical (unpaired) electrons. The quantitative estimate of drug-likeness (QED) is 0.591. The van der Waals surface area contributed by atoms with E-state index in [-0.39, 0.29) is 11.8 Å². The van der Waals surface area contributed by atoms with Crippen LogP contribution in [0.5, 0.6) is 5.75 Å². The fourth-order valence-corrected chi connectivity index (χ4v) is 2.27. The summed E-state index contributed by atoms with van der Waals surface area (Å²) in [5.74, 6) is 0.278. The first-order valence-corrected chi connectivity index (χ1v) is 7.23. The number of para-hydroxylation sites is 1. The largest absolute Gasteiger partial charge is 0.507 e. The summed E-state index contributed by atoms with van der Waals surface area (Å²) >= 11 is 0. The molecule has 2 nitrogen and oxygen atoms in total. The summed E-state index contributed by atoms with van der Waals surface area (Å²) in [6.07, 6.45) is 3.50. The number of aromatic hydroxyl groups is 1. The van der Waals surface area contributed by atoms with Crippen molar-refractivity contribution in [1.29, 1.82) is 0 Å². The number of nitrogens with zero attached hydrogens (tertiary/aromatic N) is 1. The van der Waals surface area contributed by atoms with Crippen LogP contribution in [-0.4, -0.2) is 10.8 Å². The van der Waals surface area contributed by atoms with Gasteiger partial charge in [0.15, 0.2) is 0 Å². The molecule has 0 fully saturated rings. The van der Waals surface area contributed by atoms with Gasteiger partial charge >= 0.3 is 0 Å². The third-order valence-electron chi connectivity index (χ3n) is 3.43. The highest BCUT2D eigenvalue weighted by Crippen LogP contribution is 2.23. The van der Waals surface area contributed by atoms with Crippen LogP contribution in [0.1, 0.15) is 36.9 Å². The zero-order chi connectivity index (χ0) is 15.1. The molecular formula is C19H21NO. The number of aliphatic imine (C=N–C) groups is 1. The first-order chi connectivity index (χ1) is 10.2. The zero-order valence-electron chi connectivity index (χ0n) is 12.4. The summed E-state index contributed by atoms with van der Waals surface area (Å²) in [5.41, 5.74) is 2.90. The van der Waals surface area contributed by atoms with E-state index in [2.05, 4.69) is 25.6 Å². The second-order valence-electron chi connectivity index (χ2n) is 5.01. The van der Waals surface area contributed by atoms with Gasteiger partial charge < -0.3 is 5.11 Å². The van der Waals surface area contributed by atoms with Crippen molar-refractivity contribution in [3.63, 3.8) is 0 Å². The van der Waals surface area contributed by atoms with E-state index in [1.165, 1.54) is 5.56 Å². The van der Waals surface area contributed by atoms with Gasteiger partial charge in [-0.05, 0) is 37.5 Å². The number of hydrogen-bond donors (Lipinski definition) is 1. The van der Waals surface area contributed by atoms with Crippen molar-refractivity contribution in [3.8, 4) is 5.75 Å². The van der Waals surface area contributed by atoms with Crippen LogP contribution in [0.3, 0.4) is 0 Å². The van der Waals surface area contributed by atoms with Crippen molar-refractivity contribution in [2.24, 2.45) is 4.99 Å². The molecule has 1 atom stereocenters. The molecule has 1 N–H and O–H groups in total. The van der Waals surface area contributed by atoms with Gasteiger partial charge in [0.2, 0.25) is 0 Å². The van der Waals surface area contributed by atoms with Gasteiger partial charge in [0.25, 0.3) is 0 Å². The summed E-state index contributed by atoms with van der Waals surface area (Å²) in [6.45, 7) is 5.84. The molecular weight excluding hydrogens is 258 g/mol. The van der Waals surface area contributed by atoms with E-state index in [1.54, 1.807) is 6.07 Å². The van der Waals surface area contributed by atoms with Crippen molar-refractivity contribution >= 4 is 5.71 Å². The van der Waals surface area contributed by atoms with E-state index < -0.39 is 0 Å². The molecule has 0 aromatic heterocycles. The Balaban J connectivity index is 2.33. The Kier molecular flexibility index (Phi) is 5.33. The van der Waals surface area contributed by atoms with E-state index >= 15 is 0 Å². The predicted octanol–water partition coefficient (Wildman–Crippen LogP) is 4.91. The Morgan fingerprint density at radius 3 is 2.48 bits per heavy atom. The minimum atomic E-state index is 0.0608. The molecule has 0 unspecified atom stereocenters. The zero-order valence-corrected chi connectivity index (χ0v) is 12.4. The molecule has 0 aliphatic carbocycles. The maximum absolute atomic E-state index is 10.1. The van der Waals surface area contributed by atoms with Gasteiger partial charge in [0.05, 0.1) is 6.04 Å². The Morgan fingerprint density at radius 2 is 1.81 bits per heavy atom. The van der Waals surface area contributed by atoms with Gasteiger partial charge in [-0.25, -0.2) is 0 Å². The average molecular weight is 279 g/mol. The van der Waals surface area contributed by atoms with Crippen molar-refractivity contribution in [3.05, 3.63) is 78.4 Å². The van der Waals surface area contributed by atoms with Gasteiger partial charge in [-0.15, -0.1) is 6.58 Å². The van der Waals surface area contributed by atoms with E-state index in [0.29, 0.717) is 0 Å². The lowest BCUT2D eigenvalue weighted by Gasteiger charge is -2.12. The van der Waals surface area contributed by atoms with Gasteiger partial charge in [-0.3, -0.25) is 4.99 Å². The molecule has 0 bridgehead atoms. The summed E-state index contributed by atoms with van der Waals surface area (Å²) in [7, 11) is 0. The highest BCUT2D eigenvalue weighted by atomic mass is 16.3. The van der Waals surface area contributed by atoms with E-state index in [0.717, 1.165) is 24.1 Å². The lowest BCUT2D eigenvalue weighted by Crippen LogP contribution is -2.04. The minimum absolute atomic E-state index is 0.0608. The summed E-state index contributed by atoms with van der Waals surface area (Å²) in [4.78, 5) is 4.82. The monoisotopic (exact) mass is 279 g/mol. The minimum Gasteiger partial charge on any atom is -0.507 e. The lowest BCUT2D eigenvalue weighted by atomic mass is 10.0. The molecule has 0 saturated heterocycles. The van der Waals surface area contributed by atoms with Gasteiger partial charge in [-0.1, -0.05) is 48.5 Å². The van der Waals surface area contributed by atoms with Crippen molar-refractivity contribution in [2.75, 3.05) is 0 Å². The van der Waals surface area contributed by atoms with Crippen LogP contribution in [0.2, 0.25) is 0 Å². The Hall–Kier alpha value is -2.35. The molecule has 108 valence electrons. The van der Waals surface area contributed by atoms with Crippen LogP contribution in [-0.2, 0) is 0 Å². The van der Waals surface area contributed by atoms with Gasteiger partial charge in [-0.2, -0.15) is 0 Å². The third-order valence-corrected chi connectivity index (χ3v) is 3.43. The lowest BCUT2D eigenvalue weighted by molar-refractivity contribution is 0.474. The summed E-state index contributed by atoms with van der Waals surface area (Å²) < 4.78 is 0. The number of benzene rings is 2. The maximum Gasteiger partial charge on any atom is 0.124 e. The molecule has 21 heavy (non-hydrogen) atoms. The maximum atomic E-state index is 10.1. The highest BCUT2D eigenvalue weighted by molar-refractivity contribution is 6.03. The van der Waals surface area contributed by atoms with Crippen LogP contribution in [0.4, 0.5) is 0 Å². The second-order valence-corrected chi connectivity index (χ2v) is 5.01. The van der Waals surface area contributed by atoms with Gasteiger partial charge in [0.1, 0.15) is 5.75 Å². The van der Waals surface area contributed by atoms with E-state index in [1.807, 2.05) is 42.5 Å². The summed E-state index contributed by atoms with van der Waals surface area (Å²) in [6, 6.07) is 17.6. The molecule has 2 aromatic carbocycles. The van der Waals surface area contributed by atoms with Crippen molar-refractivity contribution in [1.82, 2.24) is 0 Å². The first kappa shape index (κ1) is 15.0. The van der Waals surface area contributed by atoms with E-state index in [9.17, 15) is 5.11 Å². The predicted molar refractivity (Wildman–Crippen MR) is 88.9 cm³/mol. The van der Waals surface area contributed by atoms with Crippen LogP contribution in [0.25, 0.3) is 0 Å². The third kappa shape index (κ3) is 4.06. The Labute approximate surface area is 126 Å². The van der Waals surface area contributed by atoms with Crippen LogP contribution in [0, 0.1) is 0 Å². The molecule has 2 rings (SSSR count). The molecule has 0 spiro atoms. The normalized spacial score (nSPS) is 12.9. The Morgan fingerprint density at radius 1 is 1.14 bits per heavy atom. The number of allylic oxidation sites excluding steroid dienone is 1. The van der Waals surface area contributed by atoms with Crippen LogP contribution >= 0.6 is 0 Å². The fourth-order valence-electron chi connectivity index (χ4n) is 2.27.